The average Bonchev–Trinajstić information content (AvgIpc) is 3.25. The Kier molecular flexibility index (Phi) is 6.45. The predicted octanol–water partition coefficient (Wildman–Crippen LogP) is 4.28. The Morgan fingerprint density at radius 1 is 1.17 bits per heavy atom. The zero-order valence-corrected chi connectivity index (χ0v) is 17.1. The van der Waals surface area contributed by atoms with Crippen LogP contribution < -0.4 is 11.1 Å². The van der Waals surface area contributed by atoms with Crippen LogP contribution in [-0.2, 0) is 11.2 Å². The van der Waals surface area contributed by atoms with Crippen molar-refractivity contribution in [3.8, 4) is 11.3 Å². The maximum Gasteiger partial charge on any atom is 0.223 e. The van der Waals surface area contributed by atoms with Crippen LogP contribution >= 0.6 is 0 Å². The summed E-state index contributed by atoms with van der Waals surface area (Å²) in [5.74, 6) is 1.67. The fourth-order valence-electron chi connectivity index (χ4n) is 4.60. The second-order valence-corrected chi connectivity index (χ2v) is 8.45. The lowest BCUT2D eigenvalue weighted by atomic mass is 9.81. The van der Waals surface area contributed by atoms with Gasteiger partial charge in [-0.15, -0.1) is 0 Å². The quantitative estimate of drug-likeness (QED) is 0.682. The lowest BCUT2D eigenvalue weighted by molar-refractivity contribution is -0.127. The summed E-state index contributed by atoms with van der Waals surface area (Å²) in [6, 6.07) is 8.40. The molecule has 4 N–H and O–H groups in total. The molecule has 1 amide bonds. The Balaban J connectivity index is 1.53. The number of carbonyl (C=O) groups is 1. The molecule has 2 bridgehead atoms. The molecule has 2 aromatic rings. The van der Waals surface area contributed by atoms with E-state index in [1.54, 1.807) is 0 Å². The van der Waals surface area contributed by atoms with E-state index in [-0.39, 0.29) is 17.9 Å². The maximum absolute atomic E-state index is 12.9. The third-order valence-electron chi connectivity index (χ3n) is 6.46. The second kappa shape index (κ2) is 9.40. The van der Waals surface area contributed by atoms with Gasteiger partial charge in [0.1, 0.15) is 5.82 Å². The normalized spacial score (nSPS) is 24.8. The summed E-state index contributed by atoms with van der Waals surface area (Å²) in [5, 5.41) is 3.28. The lowest BCUT2D eigenvalue weighted by Crippen LogP contribution is -2.36. The van der Waals surface area contributed by atoms with Crippen molar-refractivity contribution in [3.05, 3.63) is 54.0 Å². The Morgan fingerprint density at radius 3 is 2.83 bits per heavy atom. The molecule has 1 aromatic carbocycles. The third kappa shape index (κ3) is 4.78. The molecular formula is C24H32N4O. The van der Waals surface area contributed by atoms with Gasteiger partial charge >= 0.3 is 0 Å². The van der Waals surface area contributed by atoms with Gasteiger partial charge in [-0.05, 0) is 69.4 Å². The third-order valence-corrected chi connectivity index (χ3v) is 6.46. The number of aryl methyl sites for hydroxylation is 1. The number of amides is 1. The first-order valence-corrected chi connectivity index (χ1v) is 11.0. The molecule has 1 saturated carbocycles. The van der Waals surface area contributed by atoms with Crippen molar-refractivity contribution in [2.24, 2.45) is 17.6 Å². The average molecular weight is 393 g/mol. The number of nitrogens with two attached hydrogens (primary N) is 1. The predicted molar refractivity (Wildman–Crippen MR) is 116 cm³/mol. The molecular weight excluding hydrogens is 360 g/mol. The van der Waals surface area contributed by atoms with Crippen molar-refractivity contribution in [3.63, 3.8) is 0 Å². The topological polar surface area (TPSA) is 83.8 Å². The van der Waals surface area contributed by atoms with Gasteiger partial charge < -0.3 is 16.0 Å². The number of imidazole rings is 1. The minimum atomic E-state index is -0.119. The van der Waals surface area contributed by atoms with Gasteiger partial charge in [-0.3, -0.25) is 4.79 Å². The smallest absolute Gasteiger partial charge is 0.223 e. The number of nitrogens with one attached hydrogen (secondary N) is 2. The van der Waals surface area contributed by atoms with E-state index in [9.17, 15) is 4.79 Å². The zero-order chi connectivity index (χ0) is 20.1. The van der Waals surface area contributed by atoms with Crippen molar-refractivity contribution >= 4 is 5.91 Å². The molecule has 5 nitrogen and oxygen atoms in total. The van der Waals surface area contributed by atoms with Crippen LogP contribution in [0.25, 0.3) is 11.3 Å². The molecule has 5 heteroatoms. The van der Waals surface area contributed by atoms with E-state index >= 15 is 0 Å². The maximum atomic E-state index is 12.9. The first-order valence-electron chi connectivity index (χ1n) is 11.0. The van der Waals surface area contributed by atoms with Gasteiger partial charge in [0, 0.05) is 11.5 Å². The van der Waals surface area contributed by atoms with Crippen molar-refractivity contribution in [2.75, 3.05) is 6.54 Å². The van der Waals surface area contributed by atoms with Crippen LogP contribution in [-0.4, -0.2) is 22.4 Å². The van der Waals surface area contributed by atoms with Crippen molar-refractivity contribution in [1.82, 2.24) is 15.3 Å². The van der Waals surface area contributed by atoms with Gasteiger partial charge in [0.25, 0.3) is 0 Å². The van der Waals surface area contributed by atoms with Crippen molar-refractivity contribution < 1.29 is 4.79 Å². The number of fused-ring (bicyclic) bond motifs is 4. The van der Waals surface area contributed by atoms with Gasteiger partial charge in [0.2, 0.25) is 5.91 Å². The highest BCUT2D eigenvalue weighted by Crippen LogP contribution is 2.30. The molecule has 1 aromatic heterocycles. The molecule has 0 saturated heterocycles. The largest absolute Gasteiger partial charge is 0.346 e. The second-order valence-electron chi connectivity index (χ2n) is 8.45. The summed E-state index contributed by atoms with van der Waals surface area (Å²) >= 11 is 0. The van der Waals surface area contributed by atoms with E-state index in [2.05, 4.69) is 51.7 Å². The Morgan fingerprint density at radius 2 is 2.00 bits per heavy atom. The van der Waals surface area contributed by atoms with Crippen LogP contribution in [0.5, 0.6) is 0 Å². The van der Waals surface area contributed by atoms with Gasteiger partial charge in [-0.2, -0.15) is 0 Å². The Hall–Kier alpha value is -2.40. The molecule has 0 spiro atoms. The molecule has 2 aliphatic rings. The Labute approximate surface area is 173 Å². The van der Waals surface area contributed by atoms with Crippen LogP contribution in [0.1, 0.15) is 62.4 Å². The van der Waals surface area contributed by atoms with Crippen molar-refractivity contribution in [1.29, 1.82) is 0 Å². The highest BCUT2D eigenvalue weighted by atomic mass is 16.1. The summed E-state index contributed by atoms with van der Waals surface area (Å²) in [6.07, 6.45) is 14.3. The van der Waals surface area contributed by atoms with E-state index in [1.165, 1.54) is 11.1 Å². The number of nitrogens with zero attached hydrogens (tertiary/aromatic N) is 1. The summed E-state index contributed by atoms with van der Waals surface area (Å²) in [4.78, 5) is 21.1. The number of allylic oxidation sites excluding steroid dienone is 1. The molecule has 4 rings (SSSR count). The van der Waals surface area contributed by atoms with Crippen LogP contribution in [0, 0.1) is 11.8 Å². The lowest BCUT2D eigenvalue weighted by Gasteiger charge is -2.28. The molecule has 1 atom stereocenters. The molecule has 1 aliphatic heterocycles. The van der Waals surface area contributed by atoms with E-state index in [0.29, 0.717) is 5.92 Å². The zero-order valence-electron chi connectivity index (χ0n) is 17.1. The van der Waals surface area contributed by atoms with E-state index < -0.39 is 0 Å². The highest BCUT2D eigenvalue weighted by molar-refractivity contribution is 5.79. The fraction of sp³-hybridized carbons (Fsp3) is 0.500. The highest BCUT2D eigenvalue weighted by Gasteiger charge is 2.28. The number of benzene rings is 1. The number of hydrogen-bond donors (Lipinski definition) is 3. The molecule has 0 radical (unpaired) electrons. The van der Waals surface area contributed by atoms with Gasteiger partial charge in [0.05, 0.1) is 17.9 Å². The van der Waals surface area contributed by atoms with Crippen LogP contribution in [0.4, 0.5) is 0 Å². The summed E-state index contributed by atoms with van der Waals surface area (Å²) in [7, 11) is 0. The molecule has 154 valence electrons. The van der Waals surface area contributed by atoms with Crippen molar-refractivity contribution in [2.45, 2.75) is 57.4 Å². The van der Waals surface area contributed by atoms with E-state index in [1.807, 2.05) is 6.20 Å². The summed E-state index contributed by atoms with van der Waals surface area (Å²) in [5.41, 5.74) is 9.38. The van der Waals surface area contributed by atoms with Crippen LogP contribution in [0.3, 0.4) is 0 Å². The number of H-pyrrole nitrogens is 1. The number of aromatic amines is 1. The molecule has 1 fully saturated rings. The molecule has 29 heavy (non-hydrogen) atoms. The van der Waals surface area contributed by atoms with Gasteiger partial charge in [-0.25, -0.2) is 4.98 Å². The van der Waals surface area contributed by atoms with E-state index in [0.717, 1.165) is 69.4 Å². The summed E-state index contributed by atoms with van der Waals surface area (Å²) < 4.78 is 0. The minimum absolute atomic E-state index is 0.0957. The number of carbonyl (C=O) groups excluding carboxylic acids is 1. The number of rotatable bonds is 3. The number of hydrogen-bond acceptors (Lipinski definition) is 3. The molecule has 1 aliphatic carbocycles. The van der Waals surface area contributed by atoms with Crippen LogP contribution in [0.2, 0.25) is 0 Å². The van der Waals surface area contributed by atoms with Gasteiger partial charge in [-0.1, -0.05) is 36.4 Å². The monoisotopic (exact) mass is 392 g/mol. The van der Waals surface area contributed by atoms with E-state index in [4.69, 9.17) is 5.73 Å². The van der Waals surface area contributed by atoms with Gasteiger partial charge in [0.15, 0.2) is 0 Å². The molecule has 0 unspecified atom stereocenters. The fourth-order valence-corrected chi connectivity index (χ4v) is 4.60. The first-order chi connectivity index (χ1) is 14.2. The number of aromatic nitrogens is 2. The Bertz CT molecular complexity index is 848. The summed E-state index contributed by atoms with van der Waals surface area (Å²) in [6.45, 7) is 0.735. The van der Waals surface area contributed by atoms with Crippen LogP contribution in [0.15, 0.2) is 42.6 Å². The minimum Gasteiger partial charge on any atom is -0.346 e. The molecule has 2 heterocycles. The standard InChI is InChI=1S/C24H32N4O/c25-15-17-11-13-19(14-12-17)24(29)28-21-10-4-2-1-3-7-18-8-5-6-9-20(18)22-16-26-23(21)27-22/h2,4-6,8-9,16-17,19,21H,1,3,7,10-15,25H2,(H,26,27)(H,28,29)/t17?,19?,21-/m0/s1. The SMILES string of the molecule is NCC1CCC(C(=O)N[C@H]2CC=CCCCc3ccccc3-c3cnc2[nH]3)CC1. The first kappa shape index (κ1) is 19.9.